The Morgan fingerprint density at radius 3 is 3.14 bits per heavy atom. The Kier molecular flexibility index (Phi) is 2.24. The predicted octanol–water partition coefficient (Wildman–Crippen LogP) is 2.21. The van der Waals surface area contributed by atoms with Crippen molar-refractivity contribution in [3.05, 3.63) is 35.8 Å². The normalized spacial score (nSPS) is 10.3. The molecule has 14 heavy (non-hydrogen) atoms. The number of imidazole rings is 1. The summed E-state index contributed by atoms with van der Waals surface area (Å²) < 4.78 is 2.04. The van der Waals surface area contributed by atoms with Crippen LogP contribution < -0.4 is 0 Å². The first-order chi connectivity index (χ1) is 6.81. The molecular formula is C12H12N2. The molecule has 0 saturated carbocycles. The van der Waals surface area contributed by atoms with Crippen molar-refractivity contribution in [2.75, 3.05) is 0 Å². The fraction of sp³-hybridized carbons (Fsp3) is 0.250. The van der Waals surface area contributed by atoms with E-state index in [-0.39, 0.29) is 0 Å². The molecule has 0 fully saturated rings. The van der Waals surface area contributed by atoms with E-state index >= 15 is 0 Å². The van der Waals surface area contributed by atoms with Crippen molar-refractivity contribution in [3.63, 3.8) is 0 Å². The van der Waals surface area contributed by atoms with Crippen molar-refractivity contribution in [3.8, 4) is 12.3 Å². The van der Waals surface area contributed by atoms with Crippen molar-refractivity contribution in [2.24, 2.45) is 0 Å². The van der Waals surface area contributed by atoms with Gasteiger partial charge in [0.05, 0.1) is 5.69 Å². The van der Waals surface area contributed by atoms with Gasteiger partial charge in [0.2, 0.25) is 0 Å². The zero-order valence-corrected chi connectivity index (χ0v) is 8.20. The summed E-state index contributed by atoms with van der Waals surface area (Å²) in [6.45, 7) is 2.06. The third-order valence-corrected chi connectivity index (χ3v) is 2.25. The first-order valence-corrected chi connectivity index (χ1v) is 4.68. The van der Waals surface area contributed by atoms with E-state index in [9.17, 15) is 0 Å². The zero-order chi connectivity index (χ0) is 9.97. The molecule has 2 aromatic heterocycles. The highest BCUT2D eigenvalue weighted by atomic mass is 15.0. The molecule has 0 aromatic carbocycles. The molecule has 2 nitrogen and oxygen atoms in total. The number of rotatable bonds is 2. The van der Waals surface area contributed by atoms with E-state index in [1.165, 1.54) is 5.56 Å². The van der Waals surface area contributed by atoms with Crippen molar-refractivity contribution < 1.29 is 0 Å². The van der Waals surface area contributed by atoms with Crippen molar-refractivity contribution >= 4 is 5.65 Å². The monoisotopic (exact) mass is 184 g/mol. The minimum atomic E-state index is 0.753. The average Bonchev–Trinajstić information content (AvgIpc) is 2.59. The smallest absolute Gasteiger partial charge is 0.139 e. The highest BCUT2D eigenvalue weighted by Gasteiger charge is 2.01. The van der Waals surface area contributed by atoms with Gasteiger partial charge in [-0.15, -0.1) is 12.3 Å². The van der Waals surface area contributed by atoms with Gasteiger partial charge in [-0.1, -0.05) is 6.07 Å². The van der Waals surface area contributed by atoms with Gasteiger partial charge >= 0.3 is 0 Å². The van der Waals surface area contributed by atoms with E-state index in [0.29, 0.717) is 0 Å². The molecule has 2 aromatic rings. The van der Waals surface area contributed by atoms with Gasteiger partial charge < -0.3 is 4.40 Å². The van der Waals surface area contributed by atoms with Crippen LogP contribution in [-0.2, 0) is 6.42 Å². The van der Waals surface area contributed by atoms with Gasteiger partial charge in [-0.2, -0.15) is 0 Å². The lowest BCUT2D eigenvalue weighted by atomic mass is 10.3. The maximum atomic E-state index is 5.22. The molecule has 0 N–H and O–H groups in total. The Morgan fingerprint density at radius 2 is 2.43 bits per heavy atom. The van der Waals surface area contributed by atoms with E-state index in [2.05, 4.69) is 23.9 Å². The number of nitrogens with zero attached hydrogens (tertiary/aromatic N) is 2. The van der Waals surface area contributed by atoms with E-state index in [1.54, 1.807) is 0 Å². The first-order valence-electron chi connectivity index (χ1n) is 4.68. The minimum absolute atomic E-state index is 0.753. The van der Waals surface area contributed by atoms with Crippen LogP contribution in [0.1, 0.15) is 17.7 Å². The average molecular weight is 184 g/mol. The third-order valence-electron chi connectivity index (χ3n) is 2.25. The van der Waals surface area contributed by atoms with Crippen LogP contribution in [0.4, 0.5) is 0 Å². The topological polar surface area (TPSA) is 17.3 Å². The van der Waals surface area contributed by atoms with Gasteiger partial charge in [-0.3, -0.25) is 0 Å². The molecule has 0 atom stereocenters. The molecule has 2 heterocycles. The van der Waals surface area contributed by atoms with Crippen molar-refractivity contribution in [2.45, 2.75) is 19.8 Å². The quantitative estimate of drug-likeness (QED) is 0.654. The van der Waals surface area contributed by atoms with Crippen LogP contribution in [0.2, 0.25) is 0 Å². The molecule has 2 rings (SSSR count). The maximum Gasteiger partial charge on any atom is 0.139 e. The molecule has 70 valence electrons. The SMILES string of the molecule is C#CCCc1cn2cccc(C)c2n1. The largest absolute Gasteiger partial charge is 0.307 e. The molecule has 0 radical (unpaired) electrons. The molecule has 2 heteroatoms. The molecule has 0 amide bonds. The second kappa shape index (κ2) is 3.55. The molecular weight excluding hydrogens is 172 g/mol. The molecule has 0 spiro atoms. The summed E-state index contributed by atoms with van der Waals surface area (Å²) in [4.78, 5) is 4.52. The summed E-state index contributed by atoms with van der Waals surface area (Å²) in [5, 5.41) is 0. The van der Waals surface area contributed by atoms with Gasteiger partial charge in [0.25, 0.3) is 0 Å². The van der Waals surface area contributed by atoms with Gasteiger partial charge in [-0.25, -0.2) is 4.98 Å². The molecule has 0 bridgehead atoms. The van der Waals surface area contributed by atoms with Crippen LogP contribution in [0.15, 0.2) is 24.5 Å². The number of pyridine rings is 1. The molecule has 0 aliphatic carbocycles. The highest BCUT2D eigenvalue weighted by Crippen LogP contribution is 2.10. The Hall–Kier alpha value is -1.75. The summed E-state index contributed by atoms with van der Waals surface area (Å²) in [7, 11) is 0. The zero-order valence-electron chi connectivity index (χ0n) is 8.20. The van der Waals surface area contributed by atoms with Crippen molar-refractivity contribution in [1.82, 2.24) is 9.38 Å². The van der Waals surface area contributed by atoms with Crippen molar-refractivity contribution in [1.29, 1.82) is 0 Å². The Morgan fingerprint density at radius 1 is 1.57 bits per heavy atom. The Bertz CT molecular complexity index is 488. The number of aromatic nitrogens is 2. The number of hydrogen-bond acceptors (Lipinski definition) is 1. The third kappa shape index (κ3) is 1.49. The Balaban J connectivity index is 2.42. The van der Waals surface area contributed by atoms with Crippen LogP contribution in [0, 0.1) is 19.3 Å². The van der Waals surface area contributed by atoms with Gasteiger partial charge in [-0.05, 0) is 18.6 Å². The van der Waals surface area contributed by atoms with E-state index in [0.717, 1.165) is 24.2 Å². The number of fused-ring (bicyclic) bond motifs is 1. The second-order valence-corrected chi connectivity index (χ2v) is 3.36. The van der Waals surface area contributed by atoms with E-state index in [4.69, 9.17) is 6.42 Å². The molecule has 0 aliphatic heterocycles. The second-order valence-electron chi connectivity index (χ2n) is 3.36. The summed E-state index contributed by atoms with van der Waals surface area (Å²) in [5.74, 6) is 2.63. The molecule has 0 aliphatic rings. The maximum absolute atomic E-state index is 5.22. The fourth-order valence-electron chi connectivity index (χ4n) is 1.53. The van der Waals surface area contributed by atoms with Crippen LogP contribution in [0.3, 0.4) is 0 Å². The lowest BCUT2D eigenvalue weighted by Crippen LogP contribution is -1.84. The minimum Gasteiger partial charge on any atom is -0.307 e. The lowest BCUT2D eigenvalue weighted by molar-refractivity contribution is 0.983. The van der Waals surface area contributed by atoms with Crippen LogP contribution >= 0.6 is 0 Å². The summed E-state index contributed by atoms with van der Waals surface area (Å²) in [6.07, 6.45) is 10.9. The highest BCUT2D eigenvalue weighted by molar-refractivity contribution is 5.47. The fourth-order valence-corrected chi connectivity index (χ4v) is 1.53. The summed E-state index contributed by atoms with van der Waals surface area (Å²) >= 11 is 0. The number of hydrogen-bond donors (Lipinski definition) is 0. The van der Waals surface area contributed by atoms with Crippen LogP contribution in [0.5, 0.6) is 0 Å². The number of aryl methyl sites for hydroxylation is 2. The lowest BCUT2D eigenvalue weighted by Gasteiger charge is -1.93. The number of terminal acetylenes is 1. The van der Waals surface area contributed by atoms with Gasteiger partial charge in [0.1, 0.15) is 5.65 Å². The van der Waals surface area contributed by atoms with Crippen LogP contribution in [-0.4, -0.2) is 9.38 Å². The van der Waals surface area contributed by atoms with E-state index in [1.807, 2.05) is 22.9 Å². The van der Waals surface area contributed by atoms with Gasteiger partial charge in [0, 0.05) is 25.2 Å². The Labute approximate surface area is 83.6 Å². The standard InChI is InChI=1S/C12H12N2/c1-3-4-7-11-9-14-8-5-6-10(2)12(14)13-11/h1,5-6,8-9H,4,7H2,2H3. The summed E-state index contributed by atoms with van der Waals surface area (Å²) in [5.41, 5.74) is 3.29. The van der Waals surface area contributed by atoms with E-state index < -0.39 is 0 Å². The summed E-state index contributed by atoms with van der Waals surface area (Å²) in [6, 6.07) is 4.09. The first kappa shape index (κ1) is 8.83. The predicted molar refractivity (Wildman–Crippen MR) is 57.1 cm³/mol. The van der Waals surface area contributed by atoms with Crippen LogP contribution in [0.25, 0.3) is 5.65 Å². The van der Waals surface area contributed by atoms with Gasteiger partial charge in [0.15, 0.2) is 0 Å². The molecule has 0 unspecified atom stereocenters. The molecule has 0 saturated heterocycles.